The summed E-state index contributed by atoms with van der Waals surface area (Å²) >= 11 is 0. The molecule has 2 aromatic rings. The quantitative estimate of drug-likeness (QED) is 0.470. The highest BCUT2D eigenvalue weighted by Gasteiger charge is 2.11. The maximum Gasteiger partial charge on any atom is 0.196 e. The topological polar surface area (TPSA) is 170 Å². The average molecular weight is 388 g/mol. The van der Waals surface area contributed by atoms with Crippen LogP contribution in [0.4, 0.5) is 11.4 Å². The molecule has 7 nitrogen and oxygen atoms in total. The number of anilines is 2. The van der Waals surface area contributed by atoms with E-state index < -0.39 is 10.2 Å². The number of benzene rings is 2. The highest BCUT2D eigenvalue weighted by molar-refractivity contribution is 6.03. The van der Waals surface area contributed by atoms with Crippen LogP contribution in [0.1, 0.15) is 11.1 Å². The van der Waals surface area contributed by atoms with Crippen molar-refractivity contribution >= 4 is 22.7 Å². The van der Waals surface area contributed by atoms with Crippen molar-refractivity contribution in [2.24, 2.45) is 0 Å². The summed E-state index contributed by atoms with van der Waals surface area (Å²) in [6.07, 6.45) is 7.86. The number of rotatable bonds is 2. The number of nitrogen functional groups attached to an aromatic ring is 2. The van der Waals surface area contributed by atoms with Gasteiger partial charge in [-0.25, -0.2) is 18.6 Å². The predicted octanol–water partition coefficient (Wildman–Crippen LogP) is -2.78. The second-order valence-electron chi connectivity index (χ2n) is 5.62. The molecule has 0 saturated heterocycles. The van der Waals surface area contributed by atoms with E-state index in [0.29, 0.717) is 0 Å². The Bertz CT molecular complexity index is 825. The van der Waals surface area contributed by atoms with Crippen molar-refractivity contribution in [2.75, 3.05) is 11.5 Å². The van der Waals surface area contributed by atoms with E-state index in [9.17, 15) is 0 Å². The second-order valence-corrected chi connectivity index (χ2v) is 6.37. The van der Waals surface area contributed by atoms with E-state index in [1.54, 1.807) is 0 Å². The minimum Gasteiger partial charge on any atom is -0.399 e. The molecule has 6 N–H and O–H groups in total. The first kappa shape index (κ1) is 20.4. The Hall–Kier alpha value is -2.94. The molecule has 3 rings (SSSR count). The van der Waals surface area contributed by atoms with Gasteiger partial charge in [-0.2, -0.15) is 0 Å². The van der Waals surface area contributed by atoms with E-state index in [1.807, 2.05) is 72.8 Å². The molecule has 0 unspecified atom stereocenters. The molecular weight excluding hydrogens is 370 g/mol. The van der Waals surface area contributed by atoms with Crippen LogP contribution in [0.25, 0.3) is 5.57 Å². The van der Waals surface area contributed by atoms with Gasteiger partial charge in [0.15, 0.2) is 5.71 Å². The zero-order valence-corrected chi connectivity index (χ0v) is 14.9. The van der Waals surface area contributed by atoms with Crippen LogP contribution in [0.3, 0.4) is 0 Å². The maximum absolute atomic E-state index is 8.49. The summed E-state index contributed by atoms with van der Waals surface area (Å²) in [7, 11) is -4.94. The first-order chi connectivity index (χ1) is 12.6. The van der Waals surface area contributed by atoms with Crippen molar-refractivity contribution in [3.63, 3.8) is 0 Å². The fourth-order valence-electron chi connectivity index (χ4n) is 2.45. The molecule has 0 aliphatic heterocycles. The Kier molecular flexibility index (Phi) is 6.51. The van der Waals surface area contributed by atoms with Gasteiger partial charge >= 0.3 is 0 Å². The molecule has 0 saturated carbocycles. The molecule has 0 fully saturated rings. The Morgan fingerprint density at radius 2 is 1.00 bits per heavy atom. The van der Waals surface area contributed by atoms with E-state index in [2.05, 4.69) is 0 Å². The van der Waals surface area contributed by atoms with E-state index in [-0.39, 0.29) is 0 Å². The molecular formula is C19H18ClN3O4. The Labute approximate surface area is 158 Å². The van der Waals surface area contributed by atoms with Crippen LogP contribution in [-0.2, 0) is 0 Å². The number of halogens is 1. The zero-order valence-electron chi connectivity index (χ0n) is 14.2. The normalized spacial score (nSPS) is 13.2. The summed E-state index contributed by atoms with van der Waals surface area (Å²) in [5, 5.41) is 5.80. The third-order valence-electron chi connectivity index (χ3n) is 3.60. The van der Waals surface area contributed by atoms with Gasteiger partial charge in [0.2, 0.25) is 0 Å². The van der Waals surface area contributed by atoms with Gasteiger partial charge < -0.3 is 11.5 Å². The fraction of sp³-hybridized carbons (Fsp3) is 0. The van der Waals surface area contributed by atoms with E-state index in [0.717, 1.165) is 39.4 Å². The van der Waals surface area contributed by atoms with Crippen molar-refractivity contribution in [1.82, 2.24) is 0 Å². The smallest absolute Gasteiger partial charge is 0.196 e. The lowest BCUT2D eigenvalue weighted by atomic mass is 9.90. The van der Waals surface area contributed by atoms with Crippen molar-refractivity contribution < 1.29 is 34.3 Å². The third-order valence-corrected chi connectivity index (χ3v) is 3.60. The number of hydrogen-bond donors (Lipinski definition) is 3. The van der Waals surface area contributed by atoms with Crippen LogP contribution in [0, 0.1) is 10.2 Å². The lowest BCUT2D eigenvalue weighted by Gasteiger charge is -2.17. The molecule has 0 aromatic heterocycles. The van der Waals surface area contributed by atoms with Gasteiger partial charge in [0.05, 0.1) is 0 Å². The molecule has 0 atom stereocenters. The van der Waals surface area contributed by atoms with Crippen LogP contribution in [0.5, 0.6) is 0 Å². The van der Waals surface area contributed by atoms with Gasteiger partial charge in [0.1, 0.15) is 0 Å². The summed E-state index contributed by atoms with van der Waals surface area (Å²) < 4.78 is 34.0. The van der Waals surface area contributed by atoms with Gasteiger partial charge in [-0.15, -0.1) is 10.2 Å². The summed E-state index contributed by atoms with van der Waals surface area (Å²) in [5.41, 5.74) is 18.3. The molecule has 140 valence electrons. The average Bonchev–Trinajstić information content (AvgIpc) is 2.59. The molecule has 8 heteroatoms. The first-order valence-corrected chi connectivity index (χ1v) is 8.93. The summed E-state index contributed by atoms with van der Waals surface area (Å²) in [4.78, 5) is 0. The van der Waals surface area contributed by atoms with E-state index >= 15 is 0 Å². The Balaban J connectivity index is 0.000000465. The Morgan fingerprint density at radius 1 is 0.667 bits per heavy atom. The maximum atomic E-state index is 8.49. The molecule has 0 bridgehead atoms. The summed E-state index contributed by atoms with van der Waals surface area (Å²) in [6, 6.07) is 15.7. The van der Waals surface area contributed by atoms with Crippen molar-refractivity contribution in [1.29, 1.82) is 0 Å². The van der Waals surface area contributed by atoms with Crippen molar-refractivity contribution in [3.8, 4) is 0 Å². The molecule has 2 aromatic carbocycles. The van der Waals surface area contributed by atoms with Gasteiger partial charge in [-0.05, 0) is 58.7 Å². The van der Waals surface area contributed by atoms with Crippen LogP contribution < -0.4 is 35.5 Å². The minimum absolute atomic E-state index is 0.748. The van der Waals surface area contributed by atoms with Gasteiger partial charge in [0, 0.05) is 23.5 Å². The van der Waals surface area contributed by atoms with Crippen LogP contribution in [0.2, 0.25) is 0 Å². The predicted molar refractivity (Wildman–Crippen MR) is 92.9 cm³/mol. The van der Waals surface area contributed by atoms with Crippen LogP contribution in [0.15, 0.2) is 78.4 Å². The fourth-order valence-corrected chi connectivity index (χ4v) is 2.45. The van der Waals surface area contributed by atoms with Crippen molar-refractivity contribution in [2.45, 2.75) is 0 Å². The molecule has 0 spiro atoms. The number of nitrogens with two attached hydrogens (primary N) is 3. The van der Waals surface area contributed by atoms with Gasteiger partial charge in [-0.1, -0.05) is 24.3 Å². The van der Waals surface area contributed by atoms with Crippen LogP contribution >= 0.6 is 0 Å². The third kappa shape index (κ3) is 6.70. The van der Waals surface area contributed by atoms with Gasteiger partial charge in [-0.3, -0.25) is 5.41 Å². The molecule has 0 radical (unpaired) electrons. The van der Waals surface area contributed by atoms with E-state index in [1.165, 1.54) is 0 Å². The lowest BCUT2D eigenvalue weighted by Crippen LogP contribution is -2.68. The first-order valence-electron chi connectivity index (χ1n) is 7.70. The monoisotopic (exact) mass is 387 g/mol. The zero-order chi connectivity index (χ0) is 20.0. The number of hydrogen-bond acceptors (Lipinski definition) is 6. The Morgan fingerprint density at radius 3 is 1.33 bits per heavy atom. The van der Waals surface area contributed by atoms with Crippen LogP contribution in [-0.4, -0.2) is 5.71 Å². The molecule has 0 heterocycles. The highest BCUT2D eigenvalue weighted by atomic mass is 35.7. The minimum atomic E-state index is -4.94. The summed E-state index contributed by atoms with van der Waals surface area (Å²) in [6.45, 7) is 0. The standard InChI is InChI=1S/C19H17N3.ClHO4/c20-16-7-1-13(2-8-16)19(14-3-9-17(21)10-4-14)15-5-11-18(22)12-6-15;2-1(3,4)5/h1-12,20H,21-22H2;(H,2,3,4,5). The van der Waals surface area contributed by atoms with E-state index in [4.69, 9.17) is 35.5 Å². The molecule has 1 aliphatic rings. The largest absolute Gasteiger partial charge is 0.399 e. The molecule has 1 aliphatic carbocycles. The second kappa shape index (κ2) is 8.63. The lowest BCUT2D eigenvalue weighted by molar-refractivity contribution is -2.00. The summed E-state index contributed by atoms with van der Waals surface area (Å²) in [5.74, 6) is 0. The highest BCUT2D eigenvalue weighted by Crippen LogP contribution is 2.30. The SMILES string of the molecule is Nc1ccc(C(=C2C=CC(=[NH2+])C=C2)c2ccc(N)cc2)cc1.[O-][Cl+3]([O-])([O-])[O-]. The number of allylic oxidation sites excluding steroid dienone is 5. The molecule has 27 heavy (non-hydrogen) atoms. The molecule has 0 amide bonds. The van der Waals surface area contributed by atoms with Gasteiger partial charge in [0.25, 0.3) is 0 Å². The van der Waals surface area contributed by atoms with Crippen molar-refractivity contribution in [3.05, 3.63) is 89.5 Å².